The monoisotopic (exact) mass is 237 g/mol. The second kappa shape index (κ2) is 4.53. The molecule has 0 saturated carbocycles. The Kier molecular flexibility index (Phi) is 3.08. The second-order valence-corrected chi connectivity index (χ2v) is 3.89. The number of anilines is 1. The Morgan fingerprint density at radius 2 is 1.94 bits per heavy atom. The minimum absolute atomic E-state index is 0.0316. The molecule has 0 aliphatic rings. The van der Waals surface area contributed by atoms with Gasteiger partial charge >= 0.3 is 0 Å². The highest BCUT2D eigenvalue weighted by Crippen LogP contribution is 2.19. The number of nitrogens with zero attached hydrogens (tertiary/aromatic N) is 2. The van der Waals surface area contributed by atoms with E-state index < -0.39 is 6.43 Å². The summed E-state index contributed by atoms with van der Waals surface area (Å²) in [5.41, 5.74) is 7.59. The van der Waals surface area contributed by atoms with Crippen LogP contribution in [0.2, 0.25) is 0 Å². The highest BCUT2D eigenvalue weighted by Gasteiger charge is 2.07. The van der Waals surface area contributed by atoms with Crippen molar-refractivity contribution in [2.45, 2.75) is 19.9 Å². The van der Waals surface area contributed by atoms with Crippen molar-refractivity contribution in [2.24, 2.45) is 0 Å². The number of hydrogen-bond acceptors (Lipinski definition) is 2. The maximum atomic E-state index is 12.4. The van der Waals surface area contributed by atoms with Gasteiger partial charge in [-0.1, -0.05) is 24.3 Å². The molecule has 2 aromatic rings. The van der Waals surface area contributed by atoms with Gasteiger partial charge in [-0.05, 0) is 12.5 Å². The third-order valence-electron chi connectivity index (χ3n) is 2.66. The van der Waals surface area contributed by atoms with Crippen LogP contribution in [0.5, 0.6) is 0 Å². The van der Waals surface area contributed by atoms with Gasteiger partial charge in [0.05, 0.1) is 12.7 Å². The third-order valence-corrected chi connectivity index (χ3v) is 2.66. The fraction of sp³-hybridized carbons (Fsp3) is 0.250. The first-order valence-corrected chi connectivity index (χ1v) is 5.22. The van der Waals surface area contributed by atoms with Crippen LogP contribution in [-0.4, -0.2) is 9.55 Å². The summed E-state index contributed by atoms with van der Waals surface area (Å²) in [6.45, 7) is 2.44. The van der Waals surface area contributed by atoms with Gasteiger partial charge in [-0.3, -0.25) is 0 Å². The first-order chi connectivity index (χ1) is 8.08. The maximum absolute atomic E-state index is 12.4. The molecule has 0 aliphatic carbocycles. The number of alkyl halides is 2. The van der Waals surface area contributed by atoms with Gasteiger partial charge in [-0.15, -0.1) is 0 Å². The van der Waals surface area contributed by atoms with Crippen molar-refractivity contribution in [1.82, 2.24) is 9.55 Å². The predicted octanol–water partition coefficient (Wildman–Crippen LogP) is 2.76. The molecule has 0 fully saturated rings. The van der Waals surface area contributed by atoms with Crippen LogP contribution in [0.1, 0.15) is 23.2 Å². The van der Waals surface area contributed by atoms with Crippen LogP contribution in [-0.2, 0) is 6.54 Å². The van der Waals surface area contributed by atoms with Crippen LogP contribution in [0.3, 0.4) is 0 Å². The lowest BCUT2D eigenvalue weighted by atomic mass is 10.1. The summed E-state index contributed by atoms with van der Waals surface area (Å²) in [4.78, 5) is 3.98. The number of nitrogens with two attached hydrogens (primary N) is 1. The molecule has 0 spiro atoms. The lowest BCUT2D eigenvalue weighted by molar-refractivity contribution is 0.151. The van der Waals surface area contributed by atoms with E-state index >= 15 is 0 Å². The van der Waals surface area contributed by atoms with Crippen LogP contribution in [0, 0.1) is 6.92 Å². The molecule has 2 rings (SSSR count). The Morgan fingerprint density at radius 3 is 2.41 bits per heavy atom. The van der Waals surface area contributed by atoms with E-state index in [2.05, 4.69) is 4.98 Å². The summed E-state index contributed by atoms with van der Waals surface area (Å²) in [5.74, 6) is 0.431. The molecule has 0 radical (unpaired) electrons. The highest BCUT2D eigenvalue weighted by molar-refractivity contribution is 5.28. The molecule has 5 heteroatoms. The minimum atomic E-state index is -2.43. The Morgan fingerprint density at radius 1 is 1.29 bits per heavy atom. The van der Waals surface area contributed by atoms with Gasteiger partial charge < -0.3 is 10.3 Å². The zero-order valence-corrected chi connectivity index (χ0v) is 9.40. The van der Waals surface area contributed by atoms with Crippen molar-refractivity contribution in [3.8, 4) is 0 Å². The van der Waals surface area contributed by atoms with E-state index in [-0.39, 0.29) is 5.56 Å². The Balaban J connectivity index is 2.19. The number of halogens is 2. The molecule has 0 bridgehead atoms. The minimum Gasteiger partial charge on any atom is -0.369 e. The summed E-state index contributed by atoms with van der Waals surface area (Å²) < 4.78 is 26.6. The molecule has 0 atom stereocenters. The van der Waals surface area contributed by atoms with Crippen LogP contribution in [0.25, 0.3) is 0 Å². The highest BCUT2D eigenvalue weighted by atomic mass is 19.3. The van der Waals surface area contributed by atoms with E-state index in [4.69, 9.17) is 5.73 Å². The summed E-state index contributed by atoms with van der Waals surface area (Å²) in [6.07, 6.45) is -0.743. The maximum Gasteiger partial charge on any atom is 0.263 e. The second-order valence-electron chi connectivity index (χ2n) is 3.89. The lowest BCUT2D eigenvalue weighted by Crippen LogP contribution is -2.06. The average molecular weight is 237 g/mol. The van der Waals surface area contributed by atoms with Crippen LogP contribution >= 0.6 is 0 Å². The molecule has 1 heterocycles. The van der Waals surface area contributed by atoms with E-state index in [0.29, 0.717) is 12.5 Å². The molecular formula is C12H13F2N3. The standard InChI is InChI=1S/C12H13F2N3/c1-8-6-16-12(15)17(8)7-9-2-4-10(5-3-9)11(13)14/h2-6,11H,7H2,1H3,(H2,15,16). The van der Waals surface area contributed by atoms with Crippen LogP contribution < -0.4 is 5.73 Å². The lowest BCUT2D eigenvalue weighted by Gasteiger charge is -2.08. The Hall–Kier alpha value is -1.91. The van der Waals surface area contributed by atoms with Gasteiger partial charge in [0.2, 0.25) is 5.95 Å². The molecule has 2 N–H and O–H groups in total. The summed E-state index contributed by atoms with van der Waals surface area (Å²) in [7, 11) is 0. The number of benzene rings is 1. The van der Waals surface area contributed by atoms with Crippen molar-refractivity contribution < 1.29 is 8.78 Å². The molecule has 1 aromatic carbocycles. The van der Waals surface area contributed by atoms with Gasteiger partial charge in [0.1, 0.15) is 0 Å². The third kappa shape index (κ3) is 2.43. The number of aromatic nitrogens is 2. The molecule has 90 valence electrons. The summed E-state index contributed by atoms with van der Waals surface area (Å²) >= 11 is 0. The summed E-state index contributed by atoms with van der Waals surface area (Å²) in [5, 5.41) is 0. The molecule has 0 amide bonds. The fourth-order valence-electron chi connectivity index (χ4n) is 1.64. The molecule has 3 nitrogen and oxygen atoms in total. The SMILES string of the molecule is Cc1cnc(N)n1Cc1ccc(C(F)F)cc1. The molecule has 0 unspecified atom stereocenters. The van der Waals surface area contributed by atoms with Crippen molar-refractivity contribution in [1.29, 1.82) is 0 Å². The zero-order valence-electron chi connectivity index (χ0n) is 9.40. The number of hydrogen-bond donors (Lipinski definition) is 1. The summed E-state index contributed by atoms with van der Waals surface area (Å²) in [6, 6.07) is 6.23. The molecule has 1 aromatic heterocycles. The van der Waals surface area contributed by atoms with Gasteiger partial charge in [-0.2, -0.15) is 0 Å². The topological polar surface area (TPSA) is 43.8 Å². The van der Waals surface area contributed by atoms with E-state index in [1.807, 2.05) is 11.5 Å². The number of nitrogen functional groups attached to an aromatic ring is 1. The predicted molar refractivity (Wildman–Crippen MR) is 61.9 cm³/mol. The zero-order chi connectivity index (χ0) is 12.4. The molecule has 17 heavy (non-hydrogen) atoms. The van der Waals surface area contributed by atoms with E-state index in [0.717, 1.165) is 11.3 Å². The van der Waals surface area contributed by atoms with E-state index in [1.165, 1.54) is 12.1 Å². The molecular weight excluding hydrogens is 224 g/mol. The fourth-order valence-corrected chi connectivity index (χ4v) is 1.64. The normalized spacial score (nSPS) is 11.1. The van der Waals surface area contributed by atoms with Crippen molar-refractivity contribution in [3.05, 3.63) is 47.3 Å². The van der Waals surface area contributed by atoms with Crippen molar-refractivity contribution in [2.75, 3.05) is 5.73 Å². The largest absolute Gasteiger partial charge is 0.369 e. The first-order valence-electron chi connectivity index (χ1n) is 5.22. The number of aryl methyl sites for hydroxylation is 1. The number of imidazole rings is 1. The Bertz CT molecular complexity index is 483. The van der Waals surface area contributed by atoms with Crippen molar-refractivity contribution in [3.63, 3.8) is 0 Å². The quantitative estimate of drug-likeness (QED) is 0.892. The van der Waals surface area contributed by atoms with Gasteiger partial charge in [0.25, 0.3) is 6.43 Å². The van der Waals surface area contributed by atoms with E-state index in [9.17, 15) is 8.78 Å². The van der Waals surface area contributed by atoms with Gasteiger partial charge in [0, 0.05) is 11.3 Å². The van der Waals surface area contributed by atoms with Crippen LogP contribution in [0.15, 0.2) is 30.5 Å². The average Bonchev–Trinajstić information content (AvgIpc) is 2.61. The van der Waals surface area contributed by atoms with E-state index in [1.54, 1.807) is 18.3 Å². The smallest absolute Gasteiger partial charge is 0.263 e. The van der Waals surface area contributed by atoms with Crippen LogP contribution in [0.4, 0.5) is 14.7 Å². The molecule has 0 saturated heterocycles. The molecule has 0 aliphatic heterocycles. The van der Waals surface area contributed by atoms with Gasteiger partial charge in [0.15, 0.2) is 0 Å². The number of rotatable bonds is 3. The first kappa shape index (κ1) is 11.6. The van der Waals surface area contributed by atoms with Crippen molar-refractivity contribution >= 4 is 5.95 Å². The van der Waals surface area contributed by atoms with Gasteiger partial charge in [-0.25, -0.2) is 13.8 Å². The Labute approximate surface area is 97.9 Å².